The van der Waals surface area contributed by atoms with Crippen molar-refractivity contribution in [2.24, 2.45) is 35.5 Å². The number of tetrazole rings is 1. The lowest BCUT2D eigenvalue weighted by molar-refractivity contribution is 0.558. The second kappa shape index (κ2) is 57.3. The van der Waals surface area contributed by atoms with E-state index < -0.39 is 0 Å². The van der Waals surface area contributed by atoms with Crippen LogP contribution in [0.15, 0.2) is 91.8 Å². The summed E-state index contributed by atoms with van der Waals surface area (Å²) >= 11 is 0. The van der Waals surface area contributed by atoms with E-state index in [1.165, 1.54) is 31.6 Å². The van der Waals surface area contributed by atoms with Gasteiger partial charge in [0.1, 0.15) is 18.9 Å². The fraction of sp³-hybridized carbons (Fsp3) is 0.632. The van der Waals surface area contributed by atoms with Gasteiger partial charge in [-0.2, -0.15) is 30.8 Å². The number of oxazole rings is 1. The Labute approximate surface area is 327 Å². The number of nitrogens with one attached hydrogen (secondary N) is 5. The summed E-state index contributed by atoms with van der Waals surface area (Å²) in [5.41, 5.74) is 0. The molecule has 54 heavy (non-hydrogen) atoms. The van der Waals surface area contributed by atoms with Gasteiger partial charge in [-0.1, -0.05) is 130 Å². The first-order valence-electron chi connectivity index (χ1n) is 18.3. The number of rotatable bonds is 0. The van der Waals surface area contributed by atoms with Gasteiger partial charge in [-0.15, -0.1) is 10.2 Å². The van der Waals surface area contributed by atoms with E-state index >= 15 is 0 Å². The van der Waals surface area contributed by atoms with Crippen LogP contribution >= 0.6 is 0 Å². The second-order valence-electron chi connectivity index (χ2n) is 14.5. The van der Waals surface area contributed by atoms with Gasteiger partial charge in [-0.25, -0.2) is 15.0 Å². The molecule has 6 aromatic rings. The van der Waals surface area contributed by atoms with Crippen LogP contribution in [0.25, 0.3) is 0 Å². The van der Waals surface area contributed by atoms with E-state index in [4.69, 9.17) is 0 Å². The van der Waals surface area contributed by atoms with E-state index in [-0.39, 0.29) is 0 Å². The SMILES string of the molecule is CC(C)C.CC(C)C.CC(C)C.CC(C)C.CC(C)C.CC(C)C.c1c[nH]cn1.c1cn[nH]c1.c1cn[nH]n1.c1cocn1.c1nc[nH]n1.c1nn[nH]n1. The average molecular weight is 762 g/mol. The molecule has 0 spiro atoms. The van der Waals surface area contributed by atoms with Crippen molar-refractivity contribution < 1.29 is 4.42 Å². The highest BCUT2D eigenvalue weighted by molar-refractivity contribution is 4.72. The Balaban J connectivity index is -0.000000117. The van der Waals surface area contributed by atoms with Crippen molar-refractivity contribution in [3.05, 3.63) is 87.4 Å². The van der Waals surface area contributed by atoms with E-state index in [1.54, 1.807) is 49.7 Å². The zero-order valence-electron chi connectivity index (χ0n) is 36.9. The molecule has 5 N–H and O–H groups in total. The fourth-order valence-electron chi connectivity index (χ4n) is 1.07. The zero-order valence-corrected chi connectivity index (χ0v) is 36.9. The molecule has 0 aliphatic heterocycles. The predicted octanol–water partition coefficient (Wildman–Crippen LogP) is 10.3. The van der Waals surface area contributed by atoms with Crippen molar-refractivity contribution in [1.29, 1.82) is 0 Å². The number of nitrogens with zero attached hydrogens (tertiary/aromatic N) is 10. The van der Waals surface area contributed by atoms with E-state index in [1.807, 2.05) is 6.07 Å². The van der Waals surface area contributed by atoms with Gasteiger partial charge in [0.25, 0.3) is 0 Å². The first kappa shape index (κ1) is 61.0. The number of imidazole rings is 1. The Hall–Kier alpha value is -5.02. The molecule has 0 aliphatic carbocycles. The van der Waals surface area contributed by atoms with E-state index in [0.29, 0.717) is 0 Å². The normalized spacial score (nSPS) is 8.44. The van der Waals surface area contributed by atoms with Crippen molar-refractivity contribution in [2.45, 2.75) is 125 Å². The maximum atomic E-state index is 4.47. The van der Waals surface area contributed by atoms with Crippen LogP contribution in [0.5, 0.6) is 0 Å². The van der Waals surface area contributed by atoms with Crippen LogP contribution in [-0.2, 0) is 0 Å². The standard InChI is InChI=1S/6C4H10.2C3H4N2.C3H3NO.2C2H3N3.CH2N4/c6*1-4(2)3;1-2-5-3-4-1;1-2-4-5-3-1;1-2-5-3-4-1;1-3-2-5-4-1;2*1-2-4-5-3-1/h6*4H,1-3H3;2*1-3H,(H,4,5);1-3H;2*1-2H,(H,3,4,5);1H,(H,2,3,4,5). The van der Waals surface area contributed by atoms with Crippen molar-refractivity contribution in [1.82, 2.24) is 76.4 Å². The minimum atomic E-state index is 0.833. The first-order valence-corrected chi connectivity index (χ1v) is 18.3. The molecule has 0 aromatic carbocycles. The predicted molar refractivity (Wildman–Crippen MR) is 224 cm³/mol. The smallest absolute Gasteiger partial charge is 0.180 e. The Morgan fingerprint density at radius 2 is 0.944 bits per heavy atom. The zero-order chi connectivity index (χ0) is 42.7. The molecule has 0 aliphatic rings. The van der Waals surface area contributed by atoms with Crippen LogP contribution in [0.1, 0.15) is 125 Å². The minimum Gasteiger partial charge on any atom is -0.452 e. The molecule has 16 heteroatoms. The van der Waals surface area contributed by atoms with Crippen molar-refractivity contribution in [3.63, 3.8) is 0 Å². The van der Waals surface area contributed by atoms with Gasteiger partial charge < -0.3 is 9.40 Å². The van der Waals surface area contributed by atoms with Gasteiger partial charge in [0.15, 0.2) is 12.7 Å². The molecule has 0 amide bonds. The number of aromatic nitrogens is 15. The number of H-pyrrole nitrogens is 5. The summed E-state index contributed by atoms with van der Waals surface area (Å²) in [5, 5.41) is 33.7. The van der Waals surface area contributed by atoms with Crippen LogP contribution in [0.4, 0.5) is 0 Å². The molecular weight excluding hydrogens is 683 g/mol. The molecule has 0 unspecified atom stereocenters. The van der Waals surface area contributed by atoms with Gasteiger partial charge in [0.2, 0.25) is 0 Å². The van der Waals surface area contributed by atoms with Crippen LogP contribution in [-0.4, -0.2) is 76.4 Å². The molecule has 16 nitrogen and oxygen atoms in total. The maximum absolute atomic E-state index is 4.47. The first-order chi connectivity index (χ1) is 25.4. The highest BCUT2D eigenvalue weighted by Gasteiger charge is 1.70. The lowest BCUT2D eigenvalue weighted by Gasteiger charge is -1.79. The van der Waals surface area contributed by atoms with Crippen molar-refractivity contribution in [2.75, 3.05) is 0 Å². The quantitative estimate of drug-likeness (QED) is 0.0979. The topological polar surface area (TPSA) is 221 Å². The summed E-state index contributed by atoms with van der Waals surface area (Å²) in [7, 11) is 0. The monoisotopic (exact) mass is 762 g/mol. The molecule has 0 bridgehead atoms. The molecule has 0 radical (unpaired) electrons. The van der Waals surface area contributed by atoms with Gasteiger partial charge in [0.05, 0.1) is 24.9 Å². The van der Waals surface area contributed by atoms with Gasteiger partial charge in [-0.3, -0.25) is 10.2 Å². The third kappa shape index (κ3) is 159. The van der Waals surface area contributed by atoms with Crippen molar-refractivity contribution >= 4 is 0 Å². The summed E-state index contributed by atoms with van der Waals surface area (Å²) in [5.74, 6) is 5.00. The average Bonchev–Trinajstić information content (AvgIpc) is 3.92. The van der Waals surface area contributed by atoms with E-state index in [2.05, 4.69) is 205 Å². The lowest BCUT2D eigenvalue weighted by Crippen LogP contribution is -1.66. The molecular formula is C38H79N15O. The Morgan fingerprint density at radius 3 is 1.06 bits per heavy atom. The molecule has 6 rings (SSSR count). The maximum Gasteiger partial charge on any atom is 0.180 e. The van der Waals surface area contributed by atoms with Crippen LogP contribution in [0.3, 0.4) is 0 Å². The van der Waals surface area contributed by atoms with E-state index in [0.717, 1.165) is 35.5 Å². The lowest BCUT2D eigenvalue weighted by atomic mass is 10.3. The largest absolute Gasteiger partial charge is 0.452 e. The van der Waals surface area contributed by atoms with Crippen molar-refractivity contribution in [3.8, 4) is 0 Å². The molecule has 312 valence electrons. The molecule has 0 fully saturated rings. The Bertz CT molecular complexity index is 805. The number of aromatic amines is 5. The van der Waals surface area contributed by atoms with E-state index in [9.17, 15) is 0 Å². The van der Waals surface area contributed by atoms with Gasteiger partial charge in [0, 0.05) is 24.8 Å². The highest BCUT2D eigenvalue weighted by Crippen LogP contribution is 1.83. The van der Waals surface area contributed by atoms with Gasteiger partial charge in [-0.05, 0) is 41.6 Å². The Morgan fingerprint density at radius 1 is 0.426 bits per heavy atom. The second-order valence-corrected chi connectivity index (χ2v) is 14.5. The fourth-order valence-corrected chi connectivity index (χ4v) is 1.07. The number of hydrogen-bond acceptors (Lipinski definition) is 11. The minimum absolute atomic E-state index is 0.833. The van der Waals surface area contributed by atoms with Crippen LogP contribution < -0.4 is 0 Å². The third-order valence-electron chi connectivity index (χ3n) is 2.09. The highest BCUT2D eigenvalue weighted by atomic mass is 16.3. The molecule has 0 saturated carbocycles. The summed E-state index contributed by atoms with van der Waals surface area (Å²) in [6.07, 6.45) is 20.5. The molecule has 0 saturated heterocycles. The molecule has 6 heterocycles. The van der Waals surface area contributed by atoms with Crippen LogP contribution in [0, 0.1) is 35.5 Å². The molecule has 0 atom stereocenters. The third-order valence-corrected chi connectivity index (χ3v) is 2.09. The summed E-state index contributed by atoms with van der Waals surface area (Å²) in [6, 6.07) is 1.83. The summed E-state index contributed by atoms with van der Waals surface area (Å²) < 4.78 is 4.47. The van der Waals surface area contributed by atoms with Gasteiger partial charge >= 0.3 is 0 Å². The summed E-state index contributed by atoms with van der Waals surface area (Å²) in [4.78, 5) is 13.5. The van der Waals surface area contributed by atoms with Crippen LogP contribution in [0.2, 0.25) is 0 Å². The Kier molecular flexibility index (Phi) is 64.8. The molecule has 6 aromatic heterocycles. The number of hydrogen-bond donors (Lipinski definition) is 5. The summed E-state index contributed by atoms with van der Waals surface area (Å²) in [6.45, 7) is 39.0.